The molecule has 6 rings (SSSR count). The minimum Gasteiger partial charge on any atom is -0.382 e. The molecule has 0 unspecified atom stereocenters. The highest BCUT2D eigenvalue weighted by Gasteiger charge is 2.17. The molecule has 0 saturated heterocycles. The van der Waals surface area contributed by atoms with Crippen molar-refractivity contribution >= 4 is 54.5 Å². The fraction of sp³-hybridized carbons (Fsp3) is 0.0556. The van der Waals surface area contributed by atoms with Gasteiger partial charge in [-0.2, -0.15) is 0 Å². The zero-order valence-corrected chi connectivity index (χ0v) is 29.4. The molecule has 4 aromatic carbocycles. The molecule has 6 aromatic rings. The van der Waals surface area contributed by atoms with Crippen molar-refractivity contribution in [2.75, 3.05) is 34.6 Å². The Hall–Kier alpha value is -6.52. The van der Waals surface area contributed by atoms with Crippen LogP contribution in [0.1, 0.15) is 21.0 Å². The van der Waals surface area contributed by atoms with E-state index in [0.29, 0.717) is 33.9 Å². The quantitative estimate of drug-likeness (QED) is 0.166. The van der Waals surface area contributed by atoms with E-state index in [2.05, 4.69) is 30.6 Å². The van der Waals surface area contributed by atoms with E-state index in [9.17, 15) is 26.4 Å². The smallest absolute Gasteiger partial charge is 0.278 e. The highest BCUT2D eigenvalue weighted by atomic mass is 32.2. The maximum absolute atomic E-state index is 12.4. The predicted octanol–water partition coefficient (Wildman–Crippen LogP) is 4.76. The molecule has 2 aromatic heterocycles. The van der Waals surface area contributed by atoms with E-state index in [4.69, 9.17) is 11.5 Å². The summed E-state index contributed by atoms with van der Waals surface area (Å²) in [6.07, 6.45) is 5.14. The number of hydrogen-bond donors (Lipinski definition) is 4. The summed E-state index contributed by atoms with van der Waals surface area (Å²) in [7, 11) is -6.57. The first-order chi connectivity index (χ1) is 24.7. The molecule has 0 atom stereocenters. The molecule has 0 aliphatic heterocycles. The highest BCUT2D eigenvalue weighted by molar-refractivity contribution is 7.91. The number of nitrogens with two attached hydrogens (primary N) is 2. The normalized spacial score (nSPS) is 11.1. The lowest BCUT2D eigenvalue weighted by molar-refractivity contribution is 0.101. The average molecular weight is 737 g/mol. The lowest BCUT2D eigenvalue weighted by Gasteiger charge is -2.08. The number of nitrogen functional groups attached to an aromatic ring is 2. The number of amides is 2. The number of nitrogens with one attached hydrogen (secondary N) is 2. The maximum Gasteiger partial charge on any atom is 0.278 e. The molecular formula is C36H32N8O6S2. The second kappa shape index (κ2) is 15.6. The van der Waals surface area contributed by atoms with Crippen LogP contribution in [0, 0.1) is 0 Å². The first kappa shape index (κ1) is 36.8. The number of benzene rings is 4. The molecule has 0 aliphatic carbocycles. The molecule has 264 valence electrons. The molecule has 0 spiro atoms. The number of aromatic nitrogens is 4. The van der Waals surface area contributed by atoms with Gasteiger partial charge in [-0.3, -0.25) is 9.59 Å². The third-order valence-electron chi connectivity index (χ3n) is 7.25. The largest absolute Gasteiger partial charge is 0.382 e. The van der Waals surface area contributed by atoms with Crippen molar-refractivity contribution in [3.8, 4) is 22.5 Å². The second-order valence-electron chi connectivity index (χ2n) is 11.2. The van der Waals surface area contributed by atoms with Crippen LogP contribution in [0.15, 0.2) is 131 Å². The molecule has 14 nitrogen and oxygen atoms in total. The van der Waals surface area contributed by atoms with E-state index in [0.717, 1.165) is 12.5 Å². The number of para-hydroxylation sites is 2. The lowest BCUT2D eigenvalue weighted by Crippen LogP contribution is -2.17. The van der Waals surface area contributed by atoms with Gasteiger partial charge in [0, 0.05) is 35.0 Å². The van der Waals surface area contributed by atoms with Crippen molar-refractivity contribution in [2.24, 2.45) is 0 Å². The summed E-state index contributed by atoms with van der Waals surface area (Å²) in [5, 5.41) is 5.41. The van der Waals surface area contributed by atoms with Gasteiger partial charge in [-0.15, -0.1) is 0 Å². The van der Waals surface area contributed by atoms with Gasteiger partial charge in [-0.05, 0) is 48.5 Å². The number of carbonyl (C=O) groups is 2. The monoisotopic (exact) mass is 736 g/mol. The SMILES string of the molecule is CS(=O)(=O)c1ccc(-c2cnc(N)c(C(=O)Nc3ccccc3)n2)cc1.CS(=O)(=O)c1ccc(-c2cnc(N)c(C(=O)Nc3ccccc3)n2)cc1. The van der Waals surface area contributed by atoms with Crippen molar-refractivity contribution in [1.82, 2.24) is 19.9 Å². The van der Waals surface area contributed by atoms with Crippen LogP contribution in [0.2, 0.25) is 0 Å². The molecule has 52 heavy (non-hydrogen) atoms. The van der Waals surface area contributed by atoms with E-state index in [1.165, 1.54) is 36.7 Å². The van der Waals surface area contributed by atoms with Gasteiger partial charge in [-0.25, -0.2) is 36.8 Å². The minimum absolute atomic E-state index is 0.00135. The summed E-state index contributed by atoms with van der Waals surface area (Å²) in [6, 6.07) is 30.2. The van der Waals surface area contributed by atoms with Crippen LogP contribution in [-0.4, -0.2) is 61.1 Å². The summed E-state index contributed by atoms with van der Waals surface area (Å²) in [4.78, 5) is 41.9. The third kappa shape index (κ3) is 9.38. The van der Waals surface area contributed by atoms with Crippen LogP contribution in [0.3, 0.4) is 0 Å². The van der Waals surface area contributed by atoms with Gasteiger partial charge in [0.05, 0.1) is 33.6 Å². The zero-order chi connectivity index (χ0) is 37.5. The van der Waals surface area contributed by atoms with E-state index < -0.39 is 31.5 Å². The number of rotatable bonds is 8. The summed E-state index contributed by atoms with van der Waals surface area (Å²) >= 11 is 0. The minimum atomic E-state index is -3.28. The summed E-state index contributed by atoms with van der Waals surface area (Å²) < 4.78 is 46.2. The summed E-state index contributed by atoms with van der Waals surface area (Å²) in [5.41, 5.74) is 14.9. The van der Waals surface area contributed by atoms with Crippen LogP contribution >= 0.6 is 0 Å². The van der Waals surface area contributed by atoms with Gasteiger partial charge in [0.1, 0.15) is 0 Å². The van der Waals surface area contributed by atoms with Crippen molar-refractivity contribution < 1.29 is 26.4 Å². The third-order valence-corrected chi connectivity index (χ3v) is 9.51. The summed E-state index contributed by atoms with van der Waals surface area (Å²) in [5.74, 6) is -0.934. The Kier molecular flexibility index (Phi) is 11.0. The molecule has 0 saturated carbocycles. The Balaban J connectivity index is 0.000000201. The highest BCUT2D eigenvalue weighted by Crippen LogP contribution is 2.23. The molecule has 6 N–H and O–H groups in total. The first-order valence-corrected chi connectivity index (χ1v) is 19.1. The van der Waals surface area contributed by atoms with E-state index in [1.54, 1.807) is 72.8 Å². The Bertz CT molecular complexity index is 2270. The number of nitrogens with zero attached hydrogens (tertiary/aromatic N) is 4. The maximum atomic E-state index is 12.4. The number of anilines is 4. The van der Waals surface area contributed by atoms with Crippen LogP contribution < -0.4 is 22.1 Å². The van der Waals surface area contributed by atoms with E-state index in [-0.39, 0.29) is 32.8 Å². The van der Waals surface area contributed by atoms with Gasteiger partial charge in [0.15, 0.2) is 42.7 Å². The molecule has 0 fully saturated rings. The zero-order valence-electron chi connectivity index (χ0n) is 27.8. The number of carbonyl (C=O) groups excluding carboxylic acids is 2. The molecule has 2 amide bonds. The number of hydrogen-bond acceptors (Lipinski definition) is 12. The van der Waals surface area contributed by atoms with E-state index in [1.807, 2.05) is 12.1 Å². The first-order valence-electron chi connectivity index (χ1n) is 15.3. The molecule has 16 heteroatoms. The van der Waals surface area contributed by atoms with Gasteiger partial charge in [0.2, 0.25) is 0 Å². The predicted molar refractivity (Wildman–Crippen MR) is 199 cm³/mol. The Morgan fingerprint density at radius 2 is 0.846 bits per heavy atom. The van der Waals surface area contributed by atoms with Crippen LogP contribution in [0.5, 0.6) is 0 Å². The van der Waals surface area contributed by atoms with Crippen LogP contribution in [-0.2, 0) is 19.7 Å². The molecular weight excluding hydrogens is 705 g/mol. The molecule has 2 heterocycles. The lowest BCUT2D eigenvalue weighted by atomic mass is 10.1. The van der Waals surface area contributed by atoms with Gasteiger partial charge in [-0.1, -0.05) is 60.7 Å². The fourth-order valence-corrected chi connectivity index (χ4v) is 5.84. The molecule has 0 bridgehead atoms. The summed E-state index contributed by atoms with van der Waals surface area (Å²) in [6.45, 7) is 0. The van der Waals surface area contributed by atoms with Gasteiger partial charge >= 0.3 is 0 Å². The molecule has 0 aliphatic rings. The van der Waals surface area contributed by atoms with Gasteiger partial charge in [0.25, 0.3) is 11.8 Å². The Morgan fingerprint density at radius 3 is 1.15 bits per heavy atom. The van der Waals surface area contributed by atoms with Crippen molar-refractivity contribution in [3.05, 3.63) is 133 Å². The Morgan fingerprint density at radius 1 is 0.519 bits per heavy atom. The standard InChI is InChI=1S/2C18H16N4O3S/c2*1-26(24,25)14-9-7-12(8-10-14)15-11-20-17(19)16(22-15)18(23)21-13-5-3-2-4-6-13/h2*2-11H,1H3,(H2,19,20)(H,21,23). The fourth-order valence-electron chi connectivity index (χ4n) is 4.58. The van der Waals surface area contributed by atoms with Crippen molar-refractivity contribution in [1.29, 1.82) is 0 Å². The van der Waals surface area contributed by atoms with Crippen LogP contribution in [0.25, 0.3) is 22.5 Å². The van der Waals surface area contributed by atoms with Crippen molar-refractivity contribution in [2.45, 2.75) is 9.79 Å². The van der Waals surface area contributed by atoms with Crippen LogP contribution in [0.4, 0.5) is 23.0 Å². The average Bonchev–Trinajstić information content (AvgIpc) is 3.12. The van der Waals surface area contributed by atoms with Gasteiger partial charge < -0.3 is 22.1 Å². The second-order valence-corrected chi connectivity index (χ2v) is 15.2. The number of sulfone groups is 2. The molecule has 0 radical (unpaired) electrons. The van der Waals surface area contributed by atoms with E-state index >= 15 is 0 Å². The Labute approximate surface area is 299 Å². The van der Waals surface area contributed by atoms with Crippen molar-refractivity contribution in [3.63, 3.8) is 0 Å². The topological polar surface area (TPSA) is 230 Å².